The molecule has 2 heterocycles. The fourth-order valence-electron chi connectivity index (χ4n) is 2.26. The summed E-state index contributed by atoms with van der Waals surface area (Å²) in [4.78, 5) is 20.2. The molecule has 1 aromatic carbocycles. The molecule has 10 nitrogen and oxygen atoms in total. The second kappa shape index (κ2) is 10.0. The Morgan fingerprint density at radius 3 is 2.39 bits per heavy atom. The van der Waals surface area contributed by atoms with Crippen LogP contribution in [0.1, 0.15) is 20.8 Å². The van der Waals surface area contributed by atoms with Crippen molar-refractivity contribution in [3.05, 3.63) is 42.7 Å². The number of anilines is 3. The molecule has 1 atom stereocenters. The standard InChI is InChI=1S/C18H21N7O3S3/c1-11(2)21-17-23-24-18(30-17)29-12(3)15(26)22-13-5-7-14(8-6-13)31(27,28)25-16-19-9-4-10-20-16/h4-12H,1-3H3,(H,21,23)(H,22,26)(H,19,20,25). The van der Waals surface area contributed by atoms with E-state index in [9.17, 15) is 13.2 Å². The first-order chi connectivity index (χ1) is 14.7. The van der Waals surface area contributed by atoms with Crippen molar-refractivity contribution in [2.45, 2.75) is 41.3 Å². The molecule has 31 heavy (non-hydrogen) atoms. The van der Waals surface area contributed by atoms with Gasteiger partial charge in [-0.3, -0.25) is 4.79 Å². The average molecular weight is 480 g/mol. The van der Waals surface area contributed by atoms with E-state index in [-0.39, 0.29) is 22.8 Å². The molecular formula is C18H21N7O3S3. The number of sulfonamides is 1. The van der Waals surface area contributed by atoms with Crippen LogP contribution in [-0.4, -0.2) is 45.8 Å². The lowest BCUT2D eigenvalue weighted by atomic mass is 10.3. The molecule has 0 saturated heterocycles. The largest absolute Gasteiger partial charge is 0.358 e. The van der Waals surface area contributed by atoms with Gasteiger partial charge in [-0.25, -0.2) is 23.1 Å². The van der Waals surface area contributed by atoms with Gasteiger partial charge in [0.1, 0.15) is 0 Å². The maximum atomic E-state index is 12.5. The molecule has 0 bridgehead atoms. The molecule has 0 saturated carbocycles. The molecular weight excluding hydrogens is 458 g/mol. The van der Waals surface area contributed by atoms with E-state index in [0.717, 1.165) is 0 Å². The Kier molecular flexibility index (Phi) is 7.41. The van der Waals surface area contributed by atoms with Crippen LogP contribution in [0.15, 0.2) is 52.0 Å². The van der Waals surface area contributed by atoms with E-state index < -0.39 is 15.3 Å². The zero-order valence-electron chi connectivity index (χ0n) is 16.9. The molecule has 0 spiro atoms. The molecule has 0 radical (unpaired) electrons. The Labute approximate surface area is 188 Å². The smallest absolute Gasteiger partial charge is 0.264 e. The number of carbonyl (C=O) groups excluding carboxylic acids is 1. The minimum absolute atomic E-state index is 0.0193. The number of benzene rings is 1. The number of thioether (sulfide) groups is 1. The first-order valence-corrected chi connectivity index (χ1v) is 12.4. The van der Waals surface area contributed by atoms with E-state index in [2.05, 4.69) is 35.5 Å². The van der Waals surface area contributed by atoms with Crippen molar-refractivity contribution in [2.24, 2.45) is 0 Å². The van der Waals surface area contributed by atoms with Gasteiger partial charge in [0.15, 0.2) is 4.34 Å². The number of carbonyl (C=O) groups is 1. The molecule has 0 aliphatic rings. The highest BCUT2D eigenvalue weighted by molar-refractivity contribution is 8.02. The summed E-state index contributed by atoms with van der Waals surface area (Å²) in [6.07, 6.45) is 2.87. The number of amides is 1. The summed E-state index contributed by atoms with van der Waals surface area (Å²) in [6, 6.07) is 7.66. The van der Waals surface area contributed by atoms with E-state index in [1.807, 2.05) is 13.8 Å². The van der Waals surface area contributed by atoms with Crippen LogP contribution in [0.5, 0.6) is 0 Å². The van der Waals surface area contributed by atoms with E-state index in [4.69, 9.17) is 0 Å². The van der Waals surface area contributed by atoms with Crippen LogP contribution in [-0.2, 0) is 14.8 Å². The van der Waals surface area contributed by atoms with Crippen LogP contribution in [0.4, 0.5) is 16.8 Å². The molecule has 0 fully saturated rings. The summed E-state index contributed by atoms with van der Waals surface area (Å²) >= 11 is 2.68. The van der Waals surface area contributed by atoms with Crippen LogP contribution < -0.4 is 15.4 Å². The second-order valence-corrected chi connectivity index (χ2v) is 10.9. The highest BCUT2D eigenvalue weighted by atomic mass is 32.2. The quantitative estimate of drug-likeness (QED) is 0.395. The monoisotopic (exact) mass is 479 g/mol. The van der Waals surface area contributed by atoms with Crippen molar-refractivity contribution in [1.29, 1.82) is 0 Å². The van der Waals surface area contributed by atoms with Crippen molar-refractivity contribution < 1.29 is 13.2 Å². The fourth-order valence-corrected chi connectivity index (χ4v) is 5.26. The van der Waals surface area contributed by atoms with Gasteiger partial charge in [0.05, 0.1) is 10.1 Å². The molecule has 2 aromatic heterocycles. The minimum Gasteiger partial charge on any atom is -0.358 e. The number of nitrogens with one attached hydrogen (secondary N) is 3. The Morgan fingerprint density at radius 2 is 1.74 bits per heavy atom. The summed E-state index contributed by atoms with van der Waals surface area (Å²) in [5.41, 5.74) is 0.479. The van der Waals surface area contributed by atoms with Crippen molar-refractivity contribution in [1.82, 2.24) is 20.2 Å². The maximum Gasteiger partial charge on any atom is 0.264 e. The topological polar surface area (TPSA) is 139 Å². The molecule has 1 amide bonds. The normalized spacial score (nSPS) is 12.4. The zero-order chi connectivity index (χ0) is 22.4. The molecule has 3 N–H and O–H groups in total. The summed E-state index contributed by atoms with van der Waals surface area (Å²) in [5, 5.41) is 14.4. The SMILES string of the molecule is CC(C)Nc1nnc(SC(C)C(=O)Nc2ccc(S(=O)(=O)Nc3ncccn3)cc2)s1. The minimum atomic E-state index is -3.83. The maximum absolute atomic E-state index is 12.5. The van der Waals surface area contributed by atoms with Crippen molar-refractivity contribution >= 4 is 55.8 Å². The van der Waals surface area contributed by atoms with E-state index in [1.165, 1.54) is 59.8 Å². The second-order valence-electron chi connectivity index (χ2n) is 6.62. The number of rotatable bonds is 9. The van der Waals surface area contributed by atoms with Gasteiger partial charge >= 0.3 is 0 Å². The molecule has 3 rings (SSSR count). The third kappa shape index (κ3) is 6.60. The average Bonchev–Trinajstić information content (AvgIpc) is 3.14. The van der Waals surface area contributed by atoms with Crippen LogP contribution in [0.2, 0.25) is 0 Å². The molecule has 1 unspecified atom stereocenters. The Balaban J connectivity index is 1.58. The van der Waals surface area contributed by atoms with Crippen molar-refractivity contribution in [3.8, 4) is 0 Å². The number of aromatic nitrogens is 4. The van der Waals surface area contributed by atoms with Crippen LogP contribution in [0.25, 0.3) is 0 Å². The van der Waals surface area contributed by atoms with Gasteiger partial charge in [-0.15, -0.1) is 10.2 Å². The highest BCUT2D eigenvalue weighted by Gasteiger charge is 2.19. The van der Waals surface area contributed by atoms with Gasteiger partial charge < -0.3 is 10.6 Å². The van der Waals surface area contributed by atoms with E-state index >= 15 is 0 Å². The summed E-state index contributed by atoms with van der Waals surface area (Å²) in [7, 11) is -3.83. The van der Waals surface area contributed by atoms with Crippen molar-refractivity contribution in [2.75, 3.05) is 15.4 Å². The van der Waals surface area contributed by atoms with Gasteiger partial charge in [0, 0.05) is 24.1 Å². The van der Waals surface area contributed by atoms with Gasteiger partial charge in [-0.05, 0) is 51.1 Å². The lowest BCUT2D eigenvalue weighted by Crippen LogP contribution is -2.22. The highest BCUT2D eigenvalue weighted by Crippen LogP contribution is 2.29. The third-order valence-electron chi connectivity index (χ3n) is 3.69. The lowest BCUT2D eigenvalue weighted by Gasteiger charge is -2.11. The molecule has 0 aliphatic carbocycles. The van der Waals surface area contributed by atoms with Gasteiger partial charge in [-0.1, -0.05) is 23.1 Å². The van der Waals surface area contributed by atoms with E-state index in [1.54, 1.807) is 13.0 Å². The van der Waals surface area contributed by atoms with Gasteiger partial charge in [0.2, 0.25) is 17.0 Å². The van der Waals surface area contributed by atoms with Gasteiger partial charge in [0.25, 0.3) is 10.0 Å². The van der Waals surface area contributed by atoms with Crippen LogP contribution in [0, 0.1) is 0 Å². The number of hydrogen-bond donors (Lipinski definition) is 3. The summed E-state index contributed by atoms with van der Waals surface area (Å²) < 4.78 is 27.8. The Hall–Kier alpha value is -2.77. The predicted molar refractivity (Wildman–Crippen MR) is 122 cm³/mol. The summed E-state index contributed by atoms with van der Waals surface area (Å²) in [5.74, 6) is -0.251. The number of nitrogens with zero attached hydrogens (tertiary/aromatic N) is 4. The third-order valence-corrected chi connectivity index (χ3v) is 7.07. The Bertz CT molecular complexity index is 1120. The lowest BCUT2D eigenvalue weighted by molar-refractivity contribution is -0.115. The first-order valence-electron chi connectivity index (χ1n) is 9.20. The predicted octanol–water partition coefficient (Wildman–Crippen LogP) is 3.07. The number of hydrogen-bond acceptors (Lipinski definition) is 10. The van der Waals surface area contributed by atoms with E-state index in [0.29, 0.717) is 15.2 Å². The molecule has 164 valence electrons. The summed E-state index contributed by atoms with van der Waals surface area (Å²) in [6.45, 7) is 5.78. The van der Waals surface area contributed by atoms with Crippen molar-refractivity contribution in [3.63, 3.8) is 0 Å². The molecule has 0 aliphatic heterocycles. The Morgan fingerprint density at radius 1 is 1.06 bits per heavy atom. The van der Waals surface area contributed by atoms with Crippen LogP contribution in [0.3, 0.4) is 0 Å². The first kappa shape index (κ1) is 22.9. The zero-order valence-corrected chi connectivity index (χ0v) is 19.4. The molecule has 3 aromatic rings. The van der Waals surface area contributed by atoms with Crippen LogP contribution >= 0.6 is 23.1 Å². The molecule has 13 heteroatoms. The fraction of sp³-hybridized carbons (Fsp3) is 0.278. The van der Waals surface area contributed by atoms with Gasteiger partial charge in [-0.2, -0.15) is 0 Å².